The predicted octanol–water partition coefficient (Wildman–Crippen LogP) is 3.34. The number of hydrogen-bond acceptors (Lipinski definition) is 2. The van der Waals surface area contributed by atoms with E-state index < -0.39 is 0 Å². The minimum atomic E-state index is 0.440. The molecule has 1 fully saturated rings. The van der Waals surface area contributed by atoms with E-state index in [2.05, 4.69) is 38.9 Å². The summed E-state index contributed by atoms with van der Waals surface area (Å²) in [4.78, 5) is 5.09. The van der Waals surface area contributed by atoms with Gasteiger partial charge in [0.15, 0.2) is 0 Å². The van der Waals surface area contributed by atoms with Gasteiger partial charge in [0.2, 0.25) is 0 Å². The van der Waals surface area contributed by atoms with Crippen LogP contribution in [0.1, 0.15) is 24.8 Å². The first-order chi connectivity index (χ1) is 8.90. The molecule has 0 aliphatic carbocycles. The highest BCUT2D eigenvalue weighted by Crippen LogP contribution is 2.20. The van der Waals surface area contributed by atoms with Crippen LogP contribution in [-0.4, -0.2) is 19.6 Å². The van der Waals surface area contributed by atoms with Crippen LogP contribution in [0.4, 0.5) is 5.69 Å². The van der Waals surface area contributed by atoms with Gasteiger partial charge in [0.05, 0.1) is 0 Å². The van der Waals surface area contributed by atoms with E-state index in [1.165, 1.54) is 18.5 Å². The van der Waals surface area contributed by atoms with Gasteiger partial charge in [0, 0.05) is 42.2 Å². The summed E-state index contributed by atoms with van der Waals surface area (Å²) >= 11 is 0. The average Bonchev–Trinajstić information content (AvgIpc) is 2.93. The number of rotatable bonds is 3. The van der Waals surface area contributed by atoms with Gasteiger partial charge in [-0.05, 0) is 36.6 Å². The van der Waals surface area contributed by atoms with Crippen molar-refractivity contribution in [2.75, 3.05) is 24.5 Å². The quantitative estimate of drug-likeness (QED) is 0.263. The van der Waals surface area contributed by atoms with Crippen molar-refractivity contribution in [2.45, 2.75) is 19.3 Å². The zero-order chi connectivity index (χ0) is 12.6. The third-order valence-corrected chi connectivity index (χ3v) is 2.95. The summed E-state index contributed by atoms with van der Waals surface area (Å²) in [6, 6.07) is 8.33. The van der Waals surface area contributed by atoms with E-state index in [1.807, 2.05) is 12.1 Å². The normalized spacial score (nSPS) is 13.7. The summed E-state index contributed by atoms with van der Waals surface area (Å²) in [6.07, 6.45) is 3.17. The van der Waals surface area contributed by atoms with Gasteiger partial charge in [-0.2, -0.15) is 0 Å². The standard InChI is InChI=1S/C14H16N4/c15-17-16-9-2-1-6-13-7-5-8-14(12-13)18-10-3-4-11-18/h5,7-8,12H,2-4,9-11H2. The van der Waals surface area contributed by atoms with Gasteiger partial charge in [-0.3, -0.25) is 0 Å². The Morgan fingerprint density at radius 2 is 2.17 bits per heavy atom. The molecule has 2 rings (SSSR count). The number of anilines is 1. The molecule has 0 aromatic heterocycles. The summed E-state index contributed by atoms with van der Waals surface area (Å²) < 4.78 is 0. The SMILES string of the molecule is [N-]=[N+]=NCCC#Cc1cccc(N2CCCC2)c1. The van der Waals surface area contributed by atoms with Gasteiger partial charge in [-0.1, -0.05) is 23.0 Å². The Balaban J connectivity index is 2.00. The lowest BCUT2D eigenvalue weighted by molar-refractivity contribution is 0.949. The molecular formula is C14H16N4. The van der Waals surface area contributed by atoms with Gasteiger partial charge in [-0.15, -0.1) is 0 Å². The van der Waals surface area contributed by atoms with Crippen LogP contribution in [0.2, 0.25) is 0 Å². The monoisotopic (exact) mass is 240 g/mol. The van der Waals surface area contributed by atoms with Crippen molar-refractivity contribution in [1.29, 1.82) is 0 Å². The molecule has 92 valence electrons. The fraction of sp³-hybridized carbons (Fsp3) is 0.429. The van der Waals surface area contributed by atoms with Crippen molar-refractivity contribution in [3.05, 3.63) is 40.3 Å². The molecule has 0 atom stereocenters. The van der Waals surface area contributed by atoms with Crippen molar-refractivity contribution < 1.29 is 0 Å². The number of benzene rings is 1. The van der Waals surface area contributed by atoms with Crippen molar-refractivity contribution in [1.82, 2.24) is 0 Å². The highest BCUT2D eigenvalue weighted by molar-refractivity contribution is 5.53. The molecule has 1 aromatic rings. The first kappa shape index (κ1) is 12.3. The third-order valence-electron chi connectivity index (χ3n) is 2.95. The largest absolute Gasteiger partial charge is 0.371 e. The van der Waals surface area contributed by atoms with Gasteiger partial charge in [0.25, 0.3) is 0 Å². The van der Waals surface area contributed by atoms with E-state index in [1.54, 1.807) is 0 Å². The Labute approximate surface area is 107 Å². The van der Waals surface area contributed by atoms with Gasteiger partial charge < -0.3 is 4.90 Å². The molecule has 0 radical (unpaired) electrons. The highest BCUT2D eigenvalue weighted by Gasteiger charge is 2.11. The van der Waals surface area contributed by atoms with Crippen molar-refractivity contribution >= 4 is 5.69 Å². The average molecular weight is 240 g/mol. The zero-order valence-electron chi connectivity index (χ0n) is 10.3. The van der Waals surface area contributed by atoms with Crippen LogP contribution < -0.4 is 4.90 Å². The number of azide groups is 1. The van der Waals surface area contributed by atoms with Crippen molar-refractivity contribution in [3.8, 4) is 11.8 Å². The van der Waals surface area contributed by atoms with E-state index >= 15 is 0 Å². The first-order valence-corrected chi connectivity index (χ1v) is 6.25. The zero-order valence-corrected chi connectivity index (χ0v) is 10.3. The molecule has 18 heavy (non-hydrogen) atoms. The minimum Gasteiger partial charge on any atom is -0.371 e. The Morgan fingerprint density at radius 3 is 2.94 bits per heavy atom. The Morgan fingerprint density at radius 1 is 1.33 bits per heavy atom. The molecule has 0 unspecified atom stereocenters. The molecule has 0 N–H and O–H groups in total. The van der Waals surface area contributed by atoms with Crippen LogP contribution in [0.5, 0.6) is 0 Å². The van der Waals surface area contributed by atoms with Gasteiger partial charge in [-0.25, -0.2) is 0 Å². The summed E-state index contributed by atoms with van der Waals surface area (Å²) in [5.41, 5.74) is 10.4. The smallest absolute Gasteiger partial charge is 0.0378 e. The highest BCUT2D eigenvalue weighted by atomic mass is 15.1. The second-order valence-electron chi connectivity index (χ2n) is 4.25. The van der Waals surface area contributed by atoms with Crippen LogP contribution in [0, 0.1) is 11.8 Å². The second kappa shape index (κ2) is 6.58. The summed E-state index contributed by atoms with van der Waals surface area (Å²) in [5.74, 6) is 6.13. The first-order valence-electron chi connectivity index (χ1n) is 6.25. The molecule has 0 saturated carbocycles. The van der Waals surface area contributed by atoms with Crippen LogP contribution >= 0.6 is 0 Å². The maximum Gasteiger partial charge on any atom is 0.0378 e. The summed E-state index contributed by atoms with van der Waals surface area (Å²) in [7, 11) is 0. The van der Waals surface area contributed by atoms with Crippen molar-refractivity contribution in [2.24, 2.45) is 5.11 Å². The molecule has 1 aliphatic rings. The lowest BCUT2D eigenvalue weighted by Gasteiger charge is -2.17. The van der Waals surface area contributed by atoms with Crippen molar-refractivity contribution in [3.63, 3.8) is 0 Å². The Kier molecular flexibility index (Phi) is 4.52. The molecule has 4 nitrogen and oxygen atoms in total. The van der Waals surface area contributed by atoms with Gasteiger partial charge in [0.1, 0.15) is 0 Å². The molecule has 1 saturated heterocycles. The number of nitrogens with zero attached hydrogens (tertiary/aromatic N) is 4. The topological polar surface area (TPSA) is 52.0 Å². The van der Waals surface area contributed by atoms with E-state index in [9.17, 15) is 0 Å². The molecule has 4 heteroatoms. The lowest BCUT2D eigenvalue weighted by atomic mass is 10.2. The van der Waals surface area contributed by atoms with Gasteiger partial charge >= 0.3 is 0 Å². The Bertz CT molecular complexity index is 500. The van der Waals surface area contributed by atoms with Crippen LogP contribution in [-0.2, 0) is 0 Å². The molecule has 1 aromatic carbocycles. The van der Waals surface area contributed by atoms with Crippen LogP contribution in [0.3, 0.4) is 0 Å². The minimum absolute atomic E-state index is 0.440. The lowest BCUT2D eigenvalue weighted by Crippen LogP contribution is -2.17. The molecule has 1 aliphatic heterocycles. The fourth-order valence-electron chi connectivity index (χ4n) is 2.07. The summed E-state index contributed by atoms with van der Waals surface area (Å²) in [5, 5.41) is 3.45. The molecule has 0 spiro atoms. The fourth-order valence-corrected chi connectivity index (χ4v) is 2.07. The van der Waals surface area contributed by atoms with Crippen LogP contribution in [0.25, 0.3) is 10.4 Å². The van der Waals surface area contributed by atoms with E-state index in [0.29, 0.717) is 13.0 Å². The van der Waals surface area contributed by atoms with E-state index in [4.69, 9.17) is 5.53 Å². The van der Waals surface area contributed by atoms with E-state index in [0.717, 1.165) is 18.7 Å². The number of hydrogen-bond donors (Lipinski definition) is 0. The van der Waals surface area contributed by atoms with E-state index in [-0.39, 0.29) is 0 Å². The summed E-state index contributed by atoms with van der Waals surface area (Å²) in [6.45, 7) is 2.73. The molecule has 0 bridgehead atoms. The predicted molar refractivity (Wildman–Crippen MR) is 73.4 cm³/mol. The third kappa shape index (κ3) is 3.44. The van der Waals surface area contributed by atoms with Crippen LogP contribution in [0.15, 0.2) is 29.4 Å². The second-order valence-corrected chi connectivity index (χ2v) is 4.25. The Hall–Kier alpha value is -2.11. The molecule has 1 heterocycles. The maximum atomic E-state index is 8.14. The molecular weight excluding hydrogens is 224 g/mol. The maximum absolute atomic E-state index is 8.14. The molecule has 0 amide bonds.